The molecule has 2 atom stereocenters. The molecule has 2 heterocycles. The van der Waals surface area contributed by atoms with E-state index >= 15 is 0 Å². The first kappa shape index (κ1) is 24.4. The number of esters is 1. The Bertz CT molecular complexity index is 753. The summed E-state index contributed by atoms with van der Waals surface area (Å²) >= 11 is 0. The first-order valence-electron chi connectivity index (χ1n) is 10.5. The lowest BCUT2D eigenvalue weighted by molar-refractivity contribution is -0.146. The van der Waals surface area contributed by atoms with E-state index in [0.717, 1.165) is 49.7 Å². The summed E-state index contributed by atoms with van der Waals surface area (Å²) in [5.41, 5.74) is 2.05. The van der Waals surface area contributed by atoms with E-state index in [4.69, 9.17) is 9.73 Å². The maximum atomic E-state index is 12.1. The molecule has 1 aromatic carbocycles. The molecule has 0 radical (unpaired) electrons. The molecule has 0 aliphatic carbocycles. The number of guanidine groups is 1. The summed E-state index contributed by atoms with van der Waals surface area (Å²) < 4.78 is 4.94. The first-order valence-corrected chi connectivity index (χ1v) is 10.5. The number of nitrogens with one attached hydrogen (secondary N) is 1. The molecule has 2 aliphatic rings. The fourth-order valence-electron chi connectivity index (χ4n) is 4.05. The number of halogens is 1. The van der Waals surface area contributed by atoms with E-state index < -0.39 is 0 Å². The van der Waals surface area contributed by atoms with Crippen LogP contribution in [0.25, 0.3) is 0 Å². The van der Waals surface area contributed by atoms with Crippen molar-refractivity contribution in [1.29, 1.82) is 0 Å². The highest BCUT2D eigenvalue weighted by Crippen LogP contribution is 2.25. The predicted molar refractivity (Wildman–Crippen MR) is 129 cm³/mol. The fraction of sp³-hybridized carbons (Fsp3) is 0.591. The summed E-state index contributed by atoms with van der Waals surface area (Å²) in [6.45, 7) is 7.63. The van der Waals surface area contributed by atoms with Crippen molar-refractivity contribution in [2.24, 2.45) is 16.8 Å². The van der Waals surface area contributed by atoms with Gasteiger partial charge in [-0.15, -0.1) is 24.0 Å². The van der Waals surface area contributed by atoms with Gasteiger partial charge in [0.1, 0.15) is 0 Å². The number of amides is 1. The molecule has 7 nitrogen and oxygen atoms in total. The van der Waals surface area contributed by atoms with Gasteiger partial charge in [0.15, 0.2) is 5.96 Å². The molecule has 3 rings (SSSR count). The number of methoxy groups -OCH3 is 1. The van der Waals surface area contributed by atoms with E-state index in [1.807, 2.05) is 36.1 Å². The quantitative estimate of drug-likeness (QED) is 0.275. The van der Waals surface area contributed by atoms with Crippen LogP contribution in [-0.2, 0) is 20.9 Å². The molecule has 0 spiro atoms. The number of aliphatic imine (C=N–C) groups is 1. The van der Waals surface area contributed by atoms with Gasteiger partial charge in [-0.1, -0.05) is 19.1 Å². The number of piperidine rings is 1. The van der Waals surface area contributed by atoms with Crippen molar-refractivity contribution >= 4 is 47.5 Å². The van der Waals surface area contributed by atoms with Crippen molar-refractivity contribution in [3.63, 3.8) is 0 Å². The van der Waals surface area contributed by atoms with Crippen molar-refractivity contribution < 1.29 is 14.3 Å². The van der Waals surface area contributed by atoms with Crippen LogP contribution >= 0.6 is 24.0 Å². The van der Waals surface area contributed by atoms with Crippen molar-refractivity contribution in [1.82, 2.24) is 10.2 Å². The Morgan fingerprint density at radius 1 is 1.23 bits per heavy atom. The topological polar surface area (TPSA) is 74.2 Å². The van der Waals surface area contributed by atoms with Gasteiger partial charge in [-0.25, -0.2) is 4.99 Å². The maximum absolute atomic E-state index is 12.1. The zero-order chi connectivity index (χ0) is 20.8. The number of anilines is 1. The number of nitrogens with zero attached hydrogens (tertiary/aromatic N) is 3. The van der Waals surface area contributed by atoms with Crippen molar-refractivity contribution in [3.05, 3.63) is 29.8 Å². The second-order valence-corrected chi connectivity index (χ2v) is 7.85. The lowest BCUT2D eigenvalue weighted by Gasteiger charge is -2.26. The molecule has 1 N–H and O–H groups in total. The minimum atomic E-state index is -0.154. The molecule has 30 heavy (non-hydrogen) atoms. The molecule has 1 amide bonds. The van der Waals surface area contributed by atoms with Crippen LogP contribution in [0.1, 0.15) is 38.7 Å². The number of hydrogen-bond acceptors (Lipinski definition) is 4. The Labute approximate surface area is 196 Å². The monoisotopic (exact) mass is 528 g/mol. The van der Waals surface area contributed by atoms with Gasteiger partial charge in [-0.3, -0.25) is 9.59 Å². The Kier molecular flexibility index (Phi) is 9.38. The average molecular weight is 528 g/mol. The highest BCUT2D eigenvalue weighted by atomic mass is 127. The van der Waals surface area contributed by atoms with Crippen LogP contribution < -0.4 is 10.2 Å². The summed E-state index contributed by atoms with van der Waals surface area (Å²) in [5.74, 6) is 0.984. The lowest BCUT2D eigenvalue weighted by atomic mass is 9.99. The van der Waals surface area contributed by atoms with E-state index in [-0.39, 0.29) is 47.7 Å². The molecule has 8 heteroatoms. The van der Waals surface area contributed by atoms with E-state index in [9.17, 15) is 9.59 Å². The highest BCUT2D eigenvalue weighted by Gasteiger charge is 2.36. The summed E-state index contributed by atoms with van der Waals surface area (Å²) in [4.78, 5) is 32.9. The lowest BCUT2D eigenvalue weighted by Crippen LogP contribution is -2.40. The molecule has 2 aliphatic heterocycles. The minimum Gasteiger partial charge on any atom is -0.469 e. The Morgan fingerprint density at radius 2 is 1.97 bits per heavy atom. The van der Waals surface area contributed by atoms with Crippen LogP contribution in [0.4, 0.5) is 5.69 Å². The molecule has 0 saturated carbocycles. The van der Waals surface area contributed by atoms with Crippen LogP contribution in [0, 0.1) is 11.8 Å². The first-order chi connectivity index (χ1) is 14.0. The molecule has 2 fully saturated rings. The second kappa shape index (κ2) is 11.5. The van der Waals surface area contributed by atoms with Crippen LogP contribution in [0.15, 0.2) is 29.3 Å². The number of carbonyl (C=O) groups is 2. The third-order valence-electron chi connectivity index (χ3n) is 5.73. The van der Waals surface area contributed by atoms with Gasteiger partial charge in [0, 0.05) is 38.3 Å². The van der Waals surface area contributed by atoms with Crippen LogP contribution in [0.3, 0.4) is 0 Å². The van der Waals surface area contributed by atoms with E-state index in [2.05, 4.69) is 17.1 Å². The molecule has 2 unspecified atom stereocenters. The minimum absolute atomic E-state index is 0. The third-order valence-corrected chi connectivity index (χ3v) is 5.73. The van der Waals surface area contributed by atoms with E-state index in [1.54, 1.807) is 0 Å². The predicted octanol–water partition coefficient (Wildman–Crippen LogP) is 3.03. The molecular formula is C22H33IN4O3. The van der Waals surface area contributed by atoms with Gasteiger partial charge in [0.25, 0.3) is 0 Å². The van der Waals surface area contributed by atoms with Crippen LogP contribution in [-0.4, -0.2) is 56.0 Å². The van der Waals surface area contributed by atoms with Crippen LogP contribution in [0.5, 0.6) is 0 Å². The second-order valence-electron chi connectivity index (χ2n) is 7.85. The largest absolute Gasteiger partial charge is 0.469 e. The Balaban J connectivity index is 0.00000320. The fourth-order valence-corrected chi connectivity index (χ4v) is 4.05. The van der Waals surface area contributed by atoms with Gasteiger partial charge in [-0.2, -0.15) is 0 Å². The van der Waals surface area contributed by atoms with Gasteiger partial charge >= 0.3 is 5.97 Å². The van der Waals surface area contributed by atoms with Gasteiger partial charge in [0.2, 0.25) is 5.91 Å². The van der Waals surface area contributed by atoms with Crippen molar-refractivity contribution in [2.75, 3.05) is 38.2 Å². The zero-order valence-corrected chi connectivity index (χ0v) is 20.4. The van der Waals surface area contributed by atoms with Gasteiger partial charge in [0.05, 0.1) is 19.6 Å². The van der Waals surface area contributed by atoms with Crippen molar-refractivity contribution in [3.8, 4) is 0 Å². The SMILES string of the molecule is CCNC(=NCc1ccc(N2CCCCC2=O)cc1)N1CC(C)C(C(=O)OC)C1.I. The number of carbonyl (C=O) groups excluding carboxylic acids is 2. The normalized spacial score (nSPS) is 22.0. The van der Waals surface area contributed by atoms with Gasteiger partial charge in [-0.05, 0) is 43.4 Å². The maximum Gasteiger partial charge on any atom is 0.310 e. The summed E-state index contributed by atoms with van der Waals surface area (Å²) in [6.07, 6.45) is 2.69. The molecule has 0 bridgehead atoms. The number of benzene rings is 1. The smallest absolute Gasteiger partial charge is 0.310 e. The van der Waals surface area contributed by atoms with E-state index in [1.165, 1.54) is 7.11 Å². The molecular weight excluding hydrogens is 495 g/mol. The third kappa shape index (κ3) is 5.86. The Hall–Kier alpha value is -1.84. The Morgan fingerprint density at radius 3 is 2.60 bits per heavy atom. The molecule has 2 saturated heterocycles. The standard InChI is InChI=1S/C22H32N4O3.HI/c1-4-23-22(25-14-16(2)19(15-25)21(28)29-3)24-13-17-8-10-18(11-9-17)26-12-6-5-7-20(26)27;/h8-11,16,19H,4-7,12-15H2,1-3H3,(H,23,24);1H. The average Bonchev–Trinajstić information content (AvgIpc) is 3.13. The van der Waals surface area contributed by atoms with E-state index in [0.29, 0.717) is 19.5 Å². The summed E-state index contributed by atoms with van der Waals surface area (Å²) in [6, 6.07) is 8.08. The number of ether oxygens (including phenoxy) is 1. The number of likely N-dealkylation sites (tertiary alicyclic amines) is 1. The molecule has 166 valence electrons. The van der Waals surface area contributed by atoms with Gasteiger partial charge < -0.3 is 19.9 Å². The summed E-state index contributed by atoms with van der Waals surface area (Å²) in [5, 5.41) is 3.33. The van der Waals surface area contributed by atoms with Crippen molar-refractivity contribution in [2.45, 2.75) is 39.7 Å². The number of hydrogen-bond donors (Lipinski definition) is 1. The highest BCUT2D eigenvalue weighted by molar-refractivity contribution is 14.0. The molecule has 1 aromatic rings. The molecule has 0 aromatic heterocycles. The zero-order valence-electron chi connectivity index (χ0n) is 18.1. The summed E-state index contributed by atoms with van der Waals surface area (Å²) in [7, 11) is 1.44. The number of rotatable bonds is 5. The van der Waals surface area contributed by atoms with Crippen LogP contribution in [0.2, 0.25) is 0 Å².